The molecule has 0 saturated carbocycles. The molecule has 10 heteroatoms. The molecule has 0 unspecified atom stereocenters. The molecule has 1 aliphatic rings. The fraction of sp³-hybridized carbons (Fsp3) is 0.500. The van der Waals surface area contributed by atoms with Crippen LogP contribution < -0.4 is 25.6 Å². The first-order valence-electron chi connectivity index (χ1n) is 7.48. The van der Waals surface area contributed by atoms with Gasteiger partial charge in [0.15, 0.2) is 6.54 Å². The quantitative estimate of drug-likeness (QED) is 0.576. The molecule has 0 atom stereocenters. The second-order valence-corrected chi connectivity index (χ2v) is 5.60. The molecule has 0 spiro atoms. The number of hydrazine groups is 1. The van der Waals surface area contributed by atoms with E-state index in [4.69, 9.17) is 0 Å². The summed E-state index contributed by atoms with van der Waals surface area (Å²) in [6.07, 6.45) is -3.41. The Labute approximate surface area is 136 Å². The summed E-state index contributed by atoms with van der Waals surface area (Å²) in [7, 11) is 0. The fourth-order valence-corrected chi connectivity index (χ4v) is 2.46. The lowest BCUT2D eigenvalue weighted by atomic mass is 10.2. The topological polar surface area (TPSA) is 80.0 Å². The van der Waals surface area contributed by atoms with Crippen LogP contribution in [0.1, 0.15) is 12.5 Å². The molecule has 1 saturated heterocycles. The maximum Gasteiger partial charge on any atom is 0.419 e. The van der Waals surface area contributed by atoms with Gasteiger partial charge in [-0.15, -0.1) is 0 Å². The molecule has 1 aliphatic heterocycles. The predicted molar refractivity (Wildman–Crippen MR) is 77.7 cm³/mol. The third-order valence-electron chi connectivity index (χ3n) is 3.72. The number of carbonyl (C=O) groups is 2. The zero-order valence-corrected chi connectivity index (χ0v) is 13.2. The molecule has 132 valence electrons. The van der Waals surface area contributed by atoms with E-state index >= 15 is 0 Å². The number of aromatic nitrogens is 1. The summed E-state index contributed by atoms with van der Waals surface area (Å²) in [5, 5.41) is 0. The molecule has 0 aliphatic carbocycles. The fourth-order valence-electron chi connectivity index (χ4n) is 2.46. The molecule has 24 heavy (non-hydrogen) atoms. The predicted octanol–water partition coefficient (Wildman–Crippen LogP) is -1.61. The Morgan fingerprint density at radius 3 is 2.42 bits per heavy atom. The van der Waals surface area contributed by atoms with Gasteiger partial charge >= 0.3 is 6.18 Å². The van der Waals surface area contributed by atoms with Crippen LogP contribution in [-0.2, 0) is 15.8 Å². The summed E-state index contributed by atoms with van der Waals surface area (Å²) in [6, 6.07) is 2.46. The zero-order chi connectivity index (χ0) is 17.7. The van der Waals surface area contributed by atoms with Crippen molar-refractivity contribution in [1.29, 1.82) is 0 Å². The van der Waals surface area contributed by atoms with Crippen LogP contribution >= 0.6 is 0 Å². The number of amides is 2. The summed E-state index contributed by atoms with van der Waals surface area (Å²) in [5.41, 5.74) is 3.82. The van der Waals surface area contributed by atoms with Crippen LogP contribution in [-0.4, -0.2) is 44.5 Å². The van der Waals surface area contributed by atoms with Gasteiger partial charge in [0.1, 0.15) is 32.4 Å². The van der Waals surface area contributed by atoms with Crippen molar-refractivity contribution in [2.24, 2.45) is 0 Å². The van der Waals surface area contributed by atoms with E-state index in [0.29, 0.717) is 32.0 Å². The van der Waals surface area contributed by atoms with E-state index in [1.54, 1.807) is 0 Å². The average Bonchev–Trinajstić information content (AvgIpc) is 2.53. The van der Waals surface area contributed by atoms with E-state index in [2.05, 4.69) is 15.8 Å². The number of hydrogen-bond acceptors (Lipinski definition) is 3. The molecule has 1 aromatic heterocycles. The van der Waals surface area contributed by atoms with Crippen molar-refractivity contribution in [3.8, 4) is 0 Å². The first-order chi connectivity index (χ1) is 11.3. The molecule has 2 amide bonds. The van der Waals surface area contributed by atoms with E-state index < -0.39 is 11.7 Å². The average molecular weight is 347 g/mol. The summed E-state index contributed by atoms with van der Waals surface area (Å²) in [6.45, 7) is 4.09. The van der Waals surface area contributed by atoms with Crippen LogP contribution in [0.4, 0.5) is 19.0 Å². The minimum Gasteiger partial charge on any atom is -0.321 e. The van der Waals surface area contributed by atoms with Crippen molar-refractivity contribution in [2.75, 3.05) is 37.6 Å². The number of halogens is 3. The van der Waals surface area contributed by atoms with Gasteiger partial charge in [0.25, 0.3) is 11.7 Å². The highest BCUT2D eigenvalue weighted by molar-refractivity contribution is 5.81. The van der Waals surface area contributed by atoms with Crippen LogP contribution in [0, 0.1) is 0 Å². The van der Waals surface area contributed by atoms with E-state index in [1.165, 1.54) is 13.0 Å². The van der Waals surface area contributed by atoms with Gasteiger partial charge in [-0.05, 0) is 6.07 Å². The number of piperazine rings is 1. The number of nitrogens with one attached hydrogen (secondary N) is 4. The molecule has 7 nitrogen and oxygen atoms in total. The Morgan fingerprint density at radius 2 is 1.92 bits per heavy atom. The molecular weight excluding hydrogens is 327 g/mol. The minimum atomic E-state index is -4.36. The van der Waals surface area contributed by atoms with Crippen LogP contribution in [0.5, 0.6) is 0 Å². The monoisotopic (exact) mass is 347 g/mol. The zero-order valence-electron chi connectivity index (χ0n) is 13.2. The van der Waals surface area contributed by atoms with Gasteiger partial charge in [0, 0.05) is 13.0 Å². The van der Waals surface area contributed by atoms with Gasteiger partial charge in [-0.1, -0.05) is 0 Å². The van der Waals surface area contributed by atoms with E-state index in [0.717, 1.165) is 17.2 Å². The second-order valence-electron chi connectivity index (χ2n) is 5.60. The standard InChI is InChI=1S/C14H18F3N5O2/c1-10(23)19-20-13(24)9-21-4-6-22(7-5-21)12-3-2-11(8-18-12)14(15,16)17/h2-3,8H,4-7,9H2,1H3,(H,19,23)(H,20,24)/p+2. The number of carbonyl (C=O) groups excluding carboxylic acids is 2. The van der Waals surface area contributed by atoms with Crippen LogP contribution in [0.15, 0.2) is 18.3 Å². The third kappa shape index (κ3) is 5.08. The molecule has 0 radical (unpaired) electrons. The lowest BCUT2D eigenvalue weighted by Gasteiger charge is -2.27. The Kier molecular flexibility index (Phi) is 5.60. The highest BCUT2D eigenvalue weighted by atomic mass is 19.4. The molecular formula is C14H20F3N5O2+2. The Hall–Kier alpha value is -2.36. The summed E-state index contributed by atoms with van der Waals surface area (Å²) in [4.78, 5) is 28.0. The molecule has 2 rings (SSSR count). The van der Waals surface area contributed by atoms with Gasteiger partial charge in [-0.2, -0.15) is 13.2 Å². The van der Waals surface area contributed by atoms with Crippen molar-refractivity contribution in [3.05, 3.63) is 23.9 Å². The number of quaternary nitrogens is 1. The number of anilines is 1. The lowest BCUT2D eigenvalue weighted by molar-refractivity contribution is -0.892. The van der Waals surface area contributed by atoms with Crippen molar-refractivity contribution in [1.82, 2.24) is 10.9 Å². The summed E-state index contributed by atoms with van der Waals surface area (Å²) >= 11 is 0. The number of hydrogen-bond donors (Lipinski definition) is 3. The summed E-state index contributed by atoms with van der Waals surface area (Å²) in [5.74, 6) is -0.0134. The normalized spacial score (nSPS) is 15.9. The second kappa shape index (κ2) is 7.47. The molecule has 2 heterocycles. The van der Waals surface area contributed by atoms with Crippen LogP contribution in [0.3, 0.4) is 0 Å². The summed E-state index contributed by atoms with van der Waals surface area (Å²) < 4.78 is 37.6. The molecule has 4 N–H and O–H groups in total. The molecule has 1 fully saturated rings. The number of pyridine rings is 1. The van der Waals surface area contributed by atoms with Crippen LogP contribution in [0.25, 0.3) is 0 Å². The number of alkyl halides is 3. The molecule has 1 aromatic rings. The van der Waals surface area contributed by atoms with Gasteiger partial charge in [-0.3, -0.25) is 25.3 Å². The highest BCUT2D eigenvalue weighted by Crippen LogP contribution is 2.28. The highest BCUT2D eigenvalue weighted by Gasteiger charge is 2.33. The van der Waals surface area contributed by atoms with Crippen molar-refractivity contribution < 1.29 is 32.6 Å². The minimum absolute atomic E-state index is 0.227. The molecule has 0 bridgehead atoms. The van der Waals surface area contributed by atoms with Crippen molar-refractivity contribution in [2.45, 2.75) is 13.1 Å². The largest absolute Gasteiger partial charge is 0.419 e. The number of nitrogens with zero attached hydrogens (tertiary/aromatic N) is 1. The Balaban J connectivity index is 1.82. The smallest absolute Gasteiger partial charge is 0.321 e. The number of aromatic amines is 1. The SMILES string of the molecule is CC(=O)NNC(=O)C[NH+]1CCN(c2ccc(C(F)(F)F)c[nH+]2)CC1. The lowest BCUT2D eigenvalue weighted by Crippen LogP contribution is -3.16. The maximum absolute atomic E-state index is 12.5. The maximum atomic E-state index is 12.5. The first-order valence-corrected chi connectivity index (χ1v) is 7.48. The Morgan fingerprint density at radius 1 is 1.25 bits per heavy atom. The number of H-pyrrole nitrogens is 1. The van der Waals surface area contributed by atoms with E-state index in [9.17, 15) is 22.8 Å². The van der Waals surface area contributed by atoms with Gasteiger partial charge in [0.05, 0.1) is 5.56 Å². The van der Waals surface area contributed by atoms with Gasteiger partial charge in [-0.25, -0.2) is 4.98 Å². The van der Waals surface area contributed by atoms with Gasteiger partial charge in [0.2, 0.25) is 5.91 Å². The van der Waals surface area contributed by atoms with E-state index in [-0.39, 0.29) is 18.4 Å². The number of rotatable bonds is 3. The Bertz CT molecular complexity index is 583. The van der Waals surface area contributed by atoms with Crippen molar-refractivity contribution in [3.63, 3.8) is 0 Å². The third-order valence-corrected chi connectivity index (χ3v) is 3.72. The first kappa shape index (κ1) is 18.0. The van der Waals surface area contributed by atoms with Crippen molar-refractivity contribution >= 4 is 17.6 Å². The van der Waals surface area contributed by atoms with Gasteiger partial charge < -0.3 is 4.90 Å². The molecule has 0 aromatic carbocycles. The van der Waals surface area contributed by atoms with E-state index in [1.807, 2.05) is 4.90 Å². The van der Waals surface area contributed by atoms with Crippen LogP contribution in [0.2, 0.25) is 0 Å².